The molecular weight excluding hydrogens is 408 g/mol. The maximum atomic E-state index is 4.81. The smallest absolute Gasteiger partial charge is 0.128 e. The van der Waals surface area contributed by atoms with Gasteiger partial charge in [-0.1, -0.05) is 6.92 Å². The van der Waals surface area contributed by atoms with Crippen LogP contribution in [-0.4, -0.2) is 66.2 Å². The van der Waals surface area contributed by atoms with Crippen LogP contribution in [0.15, 0.2) is 48.9 Å². The van der Waals surface area contributed by atoms with E-state index in [4.69, 9.17) is 15.0 Å². The Balaban J connectivity index is 1.39. The third-order valence-electron chi connectivity index (χ3n) is 7.04. The summed E-state index contributed by atoms with van der Waals surface area (Å²) >= 11 is 0. The number of rotatable bonds is 4. The lowest BCUT2D eigenvalue weighted by atomic mass is 9.99. The Labute approximate surface area is 197 Å². The molecule has 6 nitrogen and oxygen atoms in total. The van der Waals surface area contributed by atoms with Crippen LogP contribution < -0.4 is 9.80 Å². The van der Waals surface area contributed by atoms with Gasteiger partial charge in [0.05, 0.1) is 5.69 Å². The zero-order chi connectivity index (χ0) is 22.8. The van der Waals surface area contributed by atoms with E-state index in [9.17, 15) is 0 Å². The first-order valence-electron chi connectivity index (χ1n) is 12.1. The molecule has 5 heterocycles. The van der Waals surface area contributed by atoms with Gasteiger partial charge in [0.15, 0.2) is 0 Å². The van der Waals surface area contributed by atoms with Crippen molar-refractivity contribution in [3.8, 4) is 22.4 Å². The second kappa shape index (κ2) is 9.48. The van der Waals surface area contributed by atoms with Crippen LogP contribution in [0.1, 0.15) is 25.3 Å². The zero-order valence-electron chi connectivity index (χ0n) is 20.0. The Morgan fingerprint density at radius 3 is 1.94 bits per heavy atom. The van der Waals surface area contributed by atoms with Gasteiger partial charge in [-0.3, -0.25) is 4.98 Å². The van der Waals surface area contributed by atoms with Crippen molar-refractivity contribution in [3.63, 3.8) is 0 Å². The summed E-state index contributed by atoms with van der Waals surface area (Å²) in [6.45, 7) is 10.8. The van der Waals surface area contributed by atoms with Gasteiger partial charge < -0.3 is 14.7 Å². The molecule has 0 amide bonds. The van der Waals surface area contributed by atoms with Crippen molar-refractivity contribution in [2.75, 3.05) is 56.1 Å². The Hall–Kier alpha value is -2.99. The molecule has 2 saturated heterocycles. The van der Waals surface area contributed by atoms with Crippen molar-refractivity contribution in [2.24, 2.45) is 5.92 Å². The molecule has 2 aliphatic heterocycles. The fourth-order valence-electron chi connectivity index (χ4n) is 4.74. The summed E-state index contributed by atoms with van der Waals surface area (Å²) < 4.78 is 0. The van der Waals surface area contributed by atoms with Crippen LogP contribution in [0, 0.1) is 12.8 Å². The molecule has 2 fully saturated rings. The highest BCUT2D eigenvalue weighted by Crippen LogP contribution is 2.32. The van der Waals surface area contributed by atoms with Crippen LogP contribution in [0.25, 0.3) is 22.4 Å². The molecule has 0 aliphatic carbocycles. The number of likely N-dealkylation sites (N-methyl/N-ethyl adjacent to an activating group) is 1. The molecule has 0 saturated carbocycles. The molecular formula is C27H34N6. The summed E-state index contributed by atoms with van der Waals surface area (Å²) in [7, 11) is 2.18. The maximum absolute atomic E-state index is 4.81. The first-order chi connectivity index (χ1) is 16.1. The molecule has 6 heteroatoms. The lowest BCUT2D eigenvalue weighted by Crippen LogP contribution is -2.44. The molecule has 5 rings (SSSR count). The van der Waals surface area contributed by atoms with Gasteiger partial charge >= 0.3 is 0 Å². The highest BCUT2D eigenvalue weighted by atomic mass is 15.3. The highest BCUT2D eigenvalue weighted by molar-refractivity contribution is 5.81. The lowest BCUT2D eigenvalue weighted by Gasteiger charge is -2.33. The Bertz CT molecular complexity index is 1060. The minimum absolute atomic E-state index is 0.816. The summed E-state index contributed by atoms with van der Waals surface area (Å²) in [4.78, 5) is 21.5. The van der Waals surface area contributed by atoms with E-state index < -0.39 is 0 Å². The Morgan fingerprint density at radius 2 is 1.33 bits per heavy atom. The van der Waals surface area contributed by atoms with Gasteiger partial charge in [0.1, 0.15) is 11.6 Å². The second-order valence-corrected chi connectivity index (χ2v) is 9.68. The molecule has 33 heavy (non-hydrogen) atoms. The minimum Gasteiger partial charge on any atom is -0.357 e. The predicted octanol–water partition coefficient (Wildman–Crippen LogP) is 4.50. The van der Waals surface area contributed by atoms with Crippen LogP contribution >= 0.6 is 0 Å². The van der Waals surface area contributed by atoms with E-state index in [-0.39, 0.29) is 0 Å². The number of aromatic nitrogens is 3. The van der Waals surface area contributed by atoms with E-state index in [1.165, 1.54) is 12.8 Å². The standard InChI is InChI=1S/C27H34N6/c1-20-8-10-32(11-9-20)25-7-5-23(19-29-25)27-24(16-21(2)17-30-27)22-4-6-26(28-18-22)33-14-12-31(3)13-15-33/h4-7,16-20H,8-15H2,1-3H3. The van der Waals surface area contributed by atoms with Gasteiger partial charge in [-0.15, -0.1) is 0 Å². The van der Waals surface area contributed by atoms with Crippen molar-refractivity contribution in [1.29, 1.82) is 0 Å². The van der Waals surface area contributed by atoms with Crippen molar-refractivity contribution in [1.82, 2.24) is 19.9 Å². The van der Waals surface area contributed by atoms with Crippen molar-refractivity contribution in [3.05, 3.63) is 54.5 Å². The number of pyridine rings is 3. The summed E-state index contributed by atoms with van der Waals surface area (Å²) in [5, 5.41) is 0. The van der Waals surface area contributed by atoms with Crippen LogP contribution in [0.5, 0.6) is 0 Å². The minimum atomic E-state index is 0.816. The van der Waals surface area contributed by atoms with Gasteiger partial charge in [-0.05, 0) is 68.6 Å². The van der Waals surface area contributed by atoms with Crippen LogP contribution in [0.4, 0.5) is 11.6 Å². The number of piperidine rings is 1. The molecule has 0 atom stereocenters. The van der Waals surface area contributed by atoms with E-state index in [2.05, 4.69) is 65.9 Å². The normalized spacial score (nSPS) is 18.0. The molecule has 2 aliphatic rings. The Kier molecular flexibility index (Phi) is 6.27. The number of nitrogens with zero attached hydrogens (tertiary/aromatic N) is 6. The molecule has 3 aromatic heterocycles. The molecule has 0 radical (unpaired) electrons. The molecule has 0 bridgehead atoms. The molecule has 0 aromatic carbocycles. The highest BCUT2D eigenvalue weighted by Gasteiger charge is 2.18. The number of piperazine rings is 1. The SMILES string of the molecule is Cc1cnc(-c2ccc(N3CCC(C)CC3)nc2)c(-c2ccc(N3CCN(C)CC3)nc2)c1. The van der Waals surface area contributed by atoms with Gasteiger partial charge in [0, 0.05) is 74.5 Å². The predicted molar refractivity (Wildman–Crippen MR) is 136 cm³/mol. The first kappa shape index (κ1) is 21.8. The van der Waals surface area contributed by atoms with Crippen LogP contribution in [-0.2, 0) is 0 Å². The average molecular weight is 443 g/mol. The van der Waals surface area contributed by atoms with Crippen LogP contribution in [0.3, 0.4) is 0 Å². The maximum Gasteiger partial charge on any atom is 0.128 e. The van der Waals surface area contributed by atoms with E-state index in [1.54, 1.807) is 0 Å². The van der Waals surface area contributed by atoms with Crippen molar-refractivity contribution in [2.45, 2.75) is 26.7 Å². The third-order valence-corrected chi connectivity index (χ3v) is 7.04. The largest absolute Gasteiger partial charge is 0.357 e. The van der Waals surface area contributed by atoms with E-state index in [0.717, 1.165) is 84.8 Å². The number of anilines is 2. The molecule has 0 unspecified atom stereocenters. The number of aryl methyl sites for hydroxylation is 1. The summed E-state index contributed by atoms with van der Waals surface area (Å²) in [6.07, 6.45) is 8.38. The monoisotopic (exact) mass is 442 g/mol. The fraction of sp³-hybridized carbons (Fsp3) is 0.444. The summed E-state index contributed by atoms with van der Waals surface area (Å²) in [5.74, 6) is 2.93. The quantitative estimate of drug-likeness (QED) is 0.593. The average Bonchev–Trinajstić information content (AvgIpc) is 2.85. The molecule has 0 N–H and O–H groups in total. The topological polar surface area (TPSA) is 48.4 Å². The second-order valence-electron chi connectivity index (χ2n) is 9.68. The van der Waals surface area contributed by atoms with Crippen molar-refractivity contribution >= 4 is 11.6 Å². The Morgan fingerprint density at radius 1 is 0.727 bits per heavy atom. The molecule has 0 spiro atoms. The van der Waals surface area contributed by atoms with Gasteiger partial charge in [-0.25, -0.2) is 9.97 Å². The number of hydrogen-bond acceptors (Lipinski definition) is 6. The zero-order valence-corrected chi connectivity index (χ0v) is 20.0. The van der Waals surface area contributed by atoms with E-state index >= 15 is 0 Å². The van der Waals surface area contributed by atoms with Crippen molar-refractivity contribution < 1.29 is 0 Å². The third kappa shape index (κ3) is 4.86. The molecule has 172 valence electrons. The number of hydrogen-bond donors (Lipinski definition) is 0. The summed E-state index contributed by atoms with van der Waals surface area (Å²) in [5.41, 5.74) is 5.34. The van der Waals surface area contributed by atoms with Gasteiger partial charge in [0.2, 0.25) is 0 Å². The first-order valence-corrected chi connectivity index (χ1v) is 12.1. The lowest BCUT2D eigenvalue weighted by molar-refractivity contribution is 0.312. The van der Waals surface area contributed by atoms with E-state index in [1.807, 2.05) is 18.6 Å². The van der Waals surface area contributed by atoms with Gasteiger partial charge in [0.25, 0.3) is 0 Å². The van der Waals surface area contributed by atoms with Gasteiger partial charge in [-0.2, -0.15) is 0 Å². The van der Waals surface area contributed by atoms with E-state index in [0.29, 0.717) is 0 Å². The summed E-state index contributed by atoms with van der Waals surface area (Å²) in [6, 6.07) is 10.8. The molecule has 3 aromatic rings. The fourth-order valence-corrected chi connectivity index (χ4v) is 4.74. The van der Waals surface area contributed by atoms with Crippen LogP contribution in [0.2, 0.25) is 0 Å².